The Hall–Kier alpha value is -3.68. The molecule has 3 aromatic rings. The summed E-state index contributed by atoms with van der Waals surface area (Å²) in [6.45, 7) is 3.12. The van der Waals surface area contributed by atoms with Gasteiger partial charge in [0.15, 0.2) is 5.82 Å². The summed E-state index contributed by atoms with van der Waals surface area (Å²) in [5, 5.41) is 0. The van der Waals surface area contributed by atoms with E-state index < -0.39 is 0 Å². The van der Waals surface area contributed by atoms with Crippen LogP contribution in [0.2, 0.25) is 0 Å². The lowest BCUT2D eigenvalue weighted by Crippen LogP contribution is -2.40. The van der Waals surface area contributed by atoms with Gasteiger partial charge < -0.3 is 4.90 Å². The van der Waals surface area contributed by atoms with E-state index in [1.54, 1.807) is 16.0 Å². The highest BCUT2D eigenvalue weighted by Crippen LogP contribution is 2.35. The molecule has 168 valence electrons. The molecule has 33 heavy (non-hydrogen) atoms. The van der Waals surface area contributed by atoms with Crippen LogP contribution in [-0.2, 0) is 17.6 Å². The van der Waals surface area contributed by atoms with Crippen LogP contribution < -0.4 is 4.90 Å². The van der Waals surface area contributed by atoms with E-state index in [4.69, 9.17) is 9.97 Å². The zero-order valence-corrected chi connectivity index (χ0v) is 18.6. The van der Waals surface area contributed by atoms with E-state index in [0.29, 0.717) is 36.8 Å². The van der Waals surface area contributed by atoms with E-state index in [-0.39, 0.29) is 17.9 Å². The van der Waals surface area contributed by atoms with Crippen molar-refractivity contribution in [3.05, 3.63) is 77.3 Å². The Kier molecular flexibility index (Phi) is 5.81. The number of piperidine rings is 1. The number of aryl methyl sites for hydroxylation is 1. The minimum Gasteiger partial charge on any atom is -0.327 e. The van der Waals surface area contributed by atoms with Crippen molar-refractivity contribution in [2.24, 2.45) is 0 Å². The molecule has 5 rings (SSSR count). The van der Waals surface area contributed by atoms with Crippen molar-refractivity contribution in [2.45, 2.75) is 45.1 Å². The minimum absolute atomic E-state index is 0.0478. The molecule has 1 atom stereocenters. The van der Waals surface area contributed by atoms with Crippen LogP contribution in [0.15, 0.2) is 48.9 Å². The Labute approximate surface area is 192 Å². The molecule has 2 aliphatic rings. The molecule has 1 aromatic carbocycles. The van der Waals surface area contributed by atoms with Crippen molar-refractivity contribution in [3.8, 4) is 0 Å². The molecule has 0 radical (unpaired) electrons. The van der Waals surface area contributed by atoms with Gasteiger partial charge in [0.25, 0.3) is 5.91 Å². The van der Waals surface area contributed by atoms with Gasteiger partial charge in [-0.1, -0.05) is 30.3 Å². The molecule has 0 aliphatic carbocycles. The van der Waals surface area contributed by atoms with Crippen LogP contribution >= 0.6 is 0 Å². The van der Waals surface area contributed by atoms with E-state index in [0.717, 1.165) is 36.9 Å². The quantitative estimate of drug-likeness (QED) is 0.603. The fraction of sp³-hybridized carbons (Fsp3) is 0.360. The second kappa shape index (κ2) is 9.05. The molecule has 8 heteroatoms. The van der Waals surface area contributed by atoms with E-state index in [1.165, 1.54) is 18.0 Å². The maximum absolute atomic E-state index is 13.2. The lowest BCUT2D eigenvalue weighted by atomic mass is 10.0. The molecular formula is C25H26N6O2. The van der Waals surface area contributed by atoms with Crippen LogP contribution in [0.3, 0.4) is 0 Å². The topological polar surface area (TPSA) is 92.2 Å². The van der Waals surface area contributed by atoms with Crippen LogP contribution in [0.1, 0.15) is 58.4 Å². The summed E-state index contributed by atoms with van der Waals surface area (Å²) in [5.41, 5.74) is 3.20. The van der Waals surface area contributed by atoms with Gasteiger partial charge in [-0.05, 0) is 38.2 Å². The number of nitrogens with zero attached hydrogens (tertiary/aromatic N) is 6. The monoisotopic (exact) mass is 442 g/mol. The Morgan fingerprint density at radius 1 is 1.12 bits per heavy atom. The summed E-state index contributed by atoms with van der Waals surface area (Å²) in [6.07, 6.45) is 8.35. The SMILES string of the molecule is Cc1nc([C@@H]2CCCCN2C(=O)c2cnccn2)nc2c1CC(=O)N2CCc1ccccc1. The van der Waals surface area contributed by atoms with Gasteiger partial charge in [0, 0.05) is 36.7 Å². The number of amides is 2. The second-order valence-corrected chi connectivity index (χ2v) is 8.53. The molecule has 2 aliphatic heterocycles. The molecule has 0 N–H and O–H groups in total. The van der Waals surface area contributed by atoms with E-state index >= 15 is 0 Å². The Morgan fingerprint density at radius 3 is 2.76 bits per heavy atom. The minimum atomic E-state index is -0.246. The lowest BCUT2D eigenvalue weighted by molar-refractivity contribution is -0.117. The highest BCUT2D eigenvalue weighted by molar-refractivity contribution is 6.00. The number of aromatic nitrogens is 4. The van der Waals surface area contributed by atoms with Crippen molar-refractivity contribution in [1.29, 1.82) is 0 Å². The number of hydrogen-bond donors (Lipinski definition) is 0. The summed E-state index contributed by atoms with van der Waals surface area (Å²) >= 11 is 0. The third-order valence-electron chi connectivity index (χ3n) is 6.40. The third kappa shape index (κ3) is 4.20. The molecule has 0 spiro atoms. The second-order valence-electron chi connectivity index (χ2n) is 8.53. The molecule has 2 amide bonds. The van der Waals surface area contributed by atoms with Crippen LogP contribution in [0.25, 0.3) is 0 Å². The van der Waals surface area contributed by atoms with Crippen molar-refractivity contribution >= 4 is 17.6 Å². The van der Waals surface area contributed by atoms with Crippen LogP contribution in [0.4, 0.5) is 5.82 Å². The van der Waals surface area contributed by atoms with E-state index in [2.05, 4.69) is 22.1 Å². The van der Waals surface area contributed by atoms with Gasteiger partial charge >= 0.3 is 0 Å². The molecule has 0 unspecified atom stereocenters. The highest BCUT2D eigenvalue weighted by Gasteiger charge is 2.35. The molecule has 0 bridgehead atoms. The number of fused-ring (bicyclic) bond motifs is 1. The molecule has 0 saturated carbocycles. The number of carbonyl (C=O) groups is 2. The van der Waals surface area contributed by atoms with Crippen molar-refractivity contribution in [3.63, 3.8) is 0 Å². The fourth-order valence-corrected chi connectivity index (χ4v) is 4.66. The van der Waals surface area contributed by atoms with E-state index in [1.807, 2.05) is 25.1 Å². The molecule has 4 heterocycles. The van der Waals surface area contributed by atoms with Crippen molar-refractivity contribution < 1.29 is 9.59 Å². The number of anilines is 1. The molecule has 2 aromatic heterocycles. The van der Waals surface area contributed by atoms with Crippen molar-refractivity contribution in [2.75, 3.05) is 18.0 Å². The van der Waals surface area contributed by atoms with Gasteiger partial charge in [0.05, 0.1) is 18.7 Å². The molecule has 1 saturated heterocycles. The summed E-state index contributed by atoms with van der Waals surface area (Å²) in [6, 6.07) is 9.88. The summed E-state index contributed by atoms with van der Waals surface area (Å²) in [4.78, 5) is 47.4. The molecular weight excluding hydrogens is 416 g/mol. The standard InChI is InChI=1S/C25H26N6O2/c1-17-19-15-22(32)31(14-10-18-7-3-2-4-8-18)24(19)29-23(28-17)21-9-5-6-13-30(21)25(33)20-16-26-11-12-27-20/h2-4,7-8,11-12,16,21H,5-6,9-10,13-15H2,1H3/t21-/m0/s1. The Morgan fingerprint density at radius 2 is 1.97 bits per heavy atom. The number of likely N-dealkylation sites (tertiary alicyclic amines) is 1. The average Bonchev–Trinajstić information content (AvgIpc) is 3.19. The van der Waals surface area contributed by atoms with Gasteiger partial charge in [-0.3, -0.25) is 19.5 Å². The first-order chi connectivity index (χ1) is 16.1. The van der Waals surface area contributed by atoms with Crippen LogP contribution in [0, 0.1) is 6.92 Å². The highest BCUT2D eigenvalue weighted by atomic mass is 16.2. The van der Waals surface area contributed by atoms with Crippen LogP contribution in [0.5, 0.6) is 0 Å². The number of carbonyl (C=O) groups excluding carboxylic acids is 2. The van der Waals surface area contributed by atoms with Crippen LogP contribution in [-0.4, -0.2) is 49.7 Å². The largest absolute Gasteiger partial charge is 0.327 e. The molecule has 8 nitrogen and oxygen atoms in total. The Bertz CT molecular complexity index is 1170. The lowest BCUT2D eigenvalue weighted by Gasteiger charge is -2.35. The fourth-order valence-electron chi connectivity index (χ4n) is 4.66. The number of benzene rings is 1. The third-order valence-corrected chi connectivity index (χ3v) is 6.40. The van der Waals surface area contributed by atoms with E-state index in [9.17, 15) is 9.59 Å². The van der Waals surface area contributed by atoms with Crippen molar-refractivity contribution in [1.82, 2.24) is 24.8 Å². The normalized spacial score (nSPS) is 17.8. The number of hydrogen-bond acceptors (Lipinski definition) is 6. The molecule has 1 fully saturated rings. The summed E-state index contributed by atoms with van der Waals surface area (Å²) in [5.74, 6) is 1.18. The first kappa shape index (κ1) is 21.2. The predicted octanol–water partition coefficient (Wildman–Crippen LogP) is 3.07. The maximum atomic E-state index is 13.2. The summed E-state index contributed by atoms with van der Waals surface area (Å²) < 4.78 is 0. The van der Waals surface area contributed by atoms with Gasteiger partial charge in [-0.25, -0.2) is 15.0 Å². The summed E-state index contributed by atoms with van der Waals surface area (Å²) in [7, 11) is 0. The maximum Gasteiger partial charge on any atom is 0.274 e. The van der Waals surface area contributed by atoms with Gasteiger partial charge in [-0.2, -0.15) is 0 Å². The Balaban J connectivity index is 1.44. The zero-order chi connectivity index (χ0) is 22.8. The van der Waals surface area contributed by atoms with Gasteiger partial charge in [0.1, 0.15) is 11.5 Å². The number of rotatable bonds is 5. The zero-order valence-electron chi connectivity index (χ0n) is 18.6. The first-order valence-corrected chi connectivity index (χ1v) is 11.4. The predicted molar refractivity (Wildman–Crippen MR) is 123 cm³/mol. The first-order valence-electron chi connectivity index (χ1n) is 11.4. The smallest absolute Gasteiger partial charge is 0.274 e. The van der Waals surface area contributed by atoms with Gasteiger partial charge in [0.2, 0.25) is 5.91 Å². The van der Waals surface area contributed by atoms with Gasteiger partial charge in [-0.15, -0.1) is 0 Å². The average molecular weight is 443 g/mol.